The van der Waals surface area contributed by atoms with Gasteiger partial charge in [-0.15, -0.1) is 0 Å². The molecule has 1 aromatic carbocycles. The minimum absolute atomic E-state index is 0.438. The van der Waals surface area contributed by atoms with Crippen LogP contribution in [0.5, 0.6) is 5.75 Å². The lowest BCUT2D eigenvalue weighted by molar-refractivity contribution is 0.171. The van der Waals surface area contributed by atoms with Gasteiger partial charge in [0.1, 0.15) is 5.75 Å². The predicted octanol–water partition coefficient (Wildman–Crippen LogP) is 1.82. The second-order valence-electron chi connectivity index (χ2n) is 4.26. The van der Waals surface area contributed by atoms with Crippen molar-refractivity contribution >= 4 is 11.8 Å². The lowest BCUT2D eigenvalue weighted by atomic mass is 10.1. The van der Waals surface area contributed by atoms with E-state index in [4.69, 9.17) is 4.74 Å². The average molecular weight is 253 g/mol. The van der Waals surface area contributed by atoms with Crippen LogP contribution in [0.3, 0.4) is 0 Å². The van der Waals surface area contributed by atoms with Crippen molar-refractivity contribution in [2.45, 2.75) is 18.6 Å². The number of benzene rings is 1. The van der Waals surface area contributed by atoms with Crippen molar-refractivity contribution < 1.29 is 9.84 Å². The van der Waals surface area contributed by atoms with Crippen LogP contribution in [-0.4, -0.2) is 36.3 Å². The van der Waals surface area contributed by atoms with E-state index in [0.29, 0.717) is 12.6 Å². The lowest BCUT2D eigenvalue weighted by Crippen LogP contribution is -2.32. The van der Waals surface area contributed by atoms with Gasteiger partial charge in [0.2, 0.25) is 0 Å². The molecule has 1 aromatic rings. The van der Waals surface area contributed by atoms with E-state index >= 15 is 0 Å². The average Bonchev–Trinajstić information content (AvgIpc) is 2.89. The Morgan fingerprint density at radius 1 is 1.47 bits per heavy atom. The molecule has 2 unspecified atom stereocenters. The summed E-state index contributed by atoms with van der Waals surface area (Å²) in [7, 11) is 1.64. The molecular formula is C13H19NO2S. The number of aliphatic hydroxyl groups is 1. The van der Waals surface area contributed by atoms with Crippen LogP contribution in [0.1, 0.15) is 18.1 Å². The summed E-state index contributed by atoms with van der Waals surface area (Å²) < 4.78 is 5.09. The third kappa shape index (κ3) is 3.63. The van der Waals surface area contributed by atoms with Gasteiger partial charge in [-0.1, -0.05) is 12.1 Å². The molecule has 2 N–H and O–H groups in total. The Labute approximate surface area is 107 Å². The van der Waals surface area contributed by atoms with E-state index in [9.17, 15) is 5.11 Å². The Bertz CT molecular complexity index is 336. The van der Waals surface area contributed by atoms with Crippen LogP contribution in [0.15, 0.2) is 24.3 Å². The molecule has 0 amide bonds. The SMILES string of the molecule is COc1ccc(C(O)CNC2CCSC2)cc1. The summed E-state index contributed by atoms with van der Waals surface area (Å²) in [5.41, 5.74) is 0.934. The van der Waals surface area contributed by atoms with Crippen LogP contribution in [0.2, 0.25) is 0 Å². The second-order valence-corrected chi connectivity index (χ2v) is 5.41. The minimum Gasteiger partial charge on any atom is -0.497 e. The summed E-state index contributed by atoms with van der Waals surface area (Å²) in [4.78, 5) is 0. The molecule has 0 aromatic heterocycles. The molecule has 2 rings (SSSR count). The molecule has 0 bridgehead atoms. The summed E-state index contributed by atoms with van der Waals surface area (Å²) >= 11 is 1.97. The van der Waals surface area contributed by atoms with Crippen LogP contribution in [0.25, 0.3) is 0 Å². The number of thioether (sulfide) groups is 1. The molecule has 0 aliphatic carbocycles. The van der Waals surface area contributed by atoms with E-state index in [1.807, 2.05) is 36.0 Å². The molecule has 94 valence electrons. The van der Waals surface area contributed by atoms with Crippen LogP contribution in [0.4, 0.5) is 0 Å². The Balaban J connectivity index is 1.83. The second kappa shape index (κ2) is 6.28. The zero-order chi connectivity index (χ0) is 12.1. The number of nitrogens with one attached hydrogen (secondary N) is 1. The summed E-state index contributed by atoms with van der Waals surface area (Å²) in [6.07, 6.45) is 0.770. The third-order valence-corrected chi connectivity index (χ3v) is 4.19. The number of methoxy groups -OCH3 is 1. The van der Waals surface area contributed by atoms with Crippen molar-refractivity contribution in [2.75, 3.05) is 25.2 Å². The Hall–Kier alpha value is -0.710. The van der Waals surface area contributed by atoms with Crippen LogP contribution in [-0.2, 0) is 0 Å². The highest BCUT2D eigenvalue weighted by molar-refractivity contribution is 7.99. The quantitative estimate of drug-likeness (QED) is 0.840. The van der Waals surface area contributed by atoms with Crippen molar-refractivity contribution in [3.8, 4) is 5.75 Å². The van der Waals surface area contributed by atoms with Gasteiger partial charge in [-0.3, -0.25) is 0 Å². The maximum absolute atomic E-state index is 10.0. The van der Waals surface area contributed by atoms with Crippen LogP contribution < -0.4 is 10.1 Å². The van der Waals surface area contributed by atoms with Crippen molar-refractivity contribution in [1.29, 1.82) is 0 Å². The lowest BCUT2D eigenvalue weighted by Gasteiger charge is -2.16. The van der Waals surface area contributed by atoms with E-state index in [1.165, 1.54) is 12.2 Å². The van der Waals surface area contributed by atoms with Gasteiger partial charge < -0.3 is 15.2 Å². The van der Waals surface area contributed by atoms with E-state index in [0.717, 1.165) is 17.1 Å². The van der Waals surface area contributed by atoms with Crippen molar-refractivity contribution in [1.82, 2.24) is 5.32 Å². The molecule has 0 saturated carbocycles. The van der Waals surface area contributed by atoms with Gasteiger partial charge in [0.25, 0.3) is 0 Å². The van der Waals surface area contributed by atoms with E-state index < -0.39 is 6.10 Å². The van der Waals surface area contributed by atoms with E-state index in [2.05, 4.69) is 5.32 Å². The van der Waals surface area contributed by atoms with Crippen molar-refractivity contribution in [3.05, 3.63) is 29.8 Å². The normalized spacial score (nSPS) is 21.4. The van der Waals surface area contributed by atoms with Gasteiger partial charge in [-0.25, -0.2) is 0 Å². The maximum atomic E-state index is 10.0. The smallest absolute Gasteiger partial charge is 0.118 e. The van der Waals surface area contributed by atoms with Gasteiger partial charge in [-0.2, -0.15) is 11.8 Å². The zero-order valence-electron chi connectivity index (χ0n) is 10.1. The molecule has 1 aliphatic rings. The molecule has 1 fully saturated rings. The maximum Gasteiger partial charge on any atom is 0.118 e. The third-order valence-electron chi connectivity index (χ3n) is 3.03. The number of hydrogen-bond acceptors (Lipinski definition) is 4. The van der Waals surface area contributed by atoms with E-state index in [-0.39, 0.29) is 0 Å². The first-order valence-electron chi connectivity index (χ1n) is 5.92. The fourth-order valence-electron chi connectivity index (χ4n) is 1.92. The molecular weight excluding hydrogens is 234 g/mol. The summed E-state index contributed by atoms with van der Waals surface area (Å²) in [6.45, 7) is 0.623. The van der Waals surface area contributed by atoms with Crippen LogP contribution >= 0.6 is 11.8 Å². The molecule has 17 heavy (non-hydrogen) atoms. The summed E-state index contributed by atoms with van der Waals surface area (Å²) in [5, 5.41) is 13.4. The standard InChI is InChI=1S/C13H19NO2S/c1-16-12-4-2-10(3-5-12)13(15)8-14-11-6-7-17-9-11/h2-5,11,13-15H,6-9H2,1H3. The number of hydrogen-bond donors (Lipinski definition) is 2. The van der Waals surface area contributed by atoms with Gasteiger partial charge in [-0.05, 0) is 29.9 Å². The van der Waals surface area contributed by atoms with E-state index in [1.54, 1.807) is 7.11 Å². The summed E-state index contributed by atoms with van der Waals surface area (Å²) in [5.74, 6) is 3.21. The van der Waals surface area contributed by atoms with Gasteiger partial charge >= 0.3 is 0 Å². The zero-order valence-corrected chi connectivity index (χ0v) is 10.9. The number of aliphatic hydroxyl groups excluding tert-OH is 1. The van der Waals surface area contributed by atoms with Gasteiger partial charge in [0.05, 0.1) is 13.2 Å². The predicted molar refractivity (Wildman–Crippen MR) is 71.7 cm³/mol. The molecule has 3 nitrogen and oxygen atoms in total. The molecule has 1 heterocycles. The highest BCUT2D eigenvalue weighted by Crippen LogP contribution is 2.19. The highest BCUT2D eigenvalue weighted by Gasteiger charge is 2.16. The topological polar surface area (TPSA) is 41.5 Å². The Kier molecular flexibility index (Phi) is 4.71. The molecule has 1 saturated heterocycles. The minimum atomic E-state index is -0.438. The molecule has 0 radical (unpaired) electrons. The Morgan fingerprint density at radius 3 is 2.82 bits per heavy atom. The number of ether oxygens (including phenoxy) is 1. The highest BCUT2D eigenvalue weighted by atomic mass is 32.2. The summed E-state index contributed by atoms with van der Waals surface area (Å²) in [6, 6.07) is 8.14. The van der Waals surface area contributed by atoms with Crippen molar-refractivity contribution in [3.63, 3.8) is 0 Å². The fraction of sp³-hybridized carbons (Fsp3) is 0.538. The van der Waals surface area contributed by atoms with Crippen molar-refractivity contribution in [2.24, 2.45) is 0 Å². The van der Waals surface area contributed by atoms with Crippen LogP contribution in [0, 0.1) is 0 Å². The Morgan fingerprint density at radius 2 is 2.24 bits per heavy atom. The van der Waals surface area contributed by atoms with Gasteiger partial charge in [0, 0.05) is 18.3 Å². The molecule has 4 heteroatoms. The monoisotopic (exact) mass is 253 g/mol. The first kappa shape index (κ1) is 12.7. The number of rotatable bonds is 5. The first-order valence-corrected chi connectivity index (χ1v) is 7.08. The van der Waals surface area contributed by atoms with Gasteiger partial charge in [0.15, 0.2) is 0 Å². The molecule has 2 atom stereocenters. The molecule has 0 spiro atoms. The first-order chi connectivity index (χ1) is 8.29. The largest absolute Gasteiger partial charge is 0.497 e. The fourth-order valence-corrected chi connectivity index (χ4v) is 3.10. The molecule has 1 aliphatic heterocycles.